The molecule has 4 nitrogen and oxygen atoms in total. The van der Waals surface area contributed by atoms with Gasteiger partial charge < -0.3 is 10.2 Å². The lowest BCUT2D eigenvalue weighted by atomic mass is 10.1. The van der Waals surface area contributed by atoms with Crippen molar-refractivity contribution in [3.63, 3.8) is 0 Å². The van der Waals surface area contributed by atoms with Crippen molar-refractivity contribution in [3.05, 3.63) is 35.5 Å². The third-order valence-electron chi connectivity index (χ3n) is 4.00. The minimum absolute atomic E-state index is 0.110. The Morgan fingerprint density at radius 2 is 2.09 bits per heavy atom. The van der Waals surface area contributed by atoms with Crippen molar-refractivity contribution < 1.29 is 0 Å². The zero-order valence-electron chi connectivity index (χ0n) is 13.4. The molecule has 1 fully saturated rings. The fourth-order valence-corrected chi connectivity index (χ4v) is 3.68. The van der Waals surface area contributed by atoms with Gasteiger partial charge in [-0.15, -0.1) is 11.3 Å². The molecule has 3 heterocycles. The van der Waals surface area contributed by atoms with Crippen molar-refractivity contribution >= 4 is 11.3 Å². The van der Waals surface area contributed by atoms with E-state index < -0.39 is 0 Å². The Morgan fingerprint density at radius 3 is 2.82 bits per heavy atom. The standard InChI is InChI=1S/C17H24N4S/c1-17(2,13-21-9-5-6-10-21)19-11-14-12-22-16(20-14)15-7-3-4-8-18-15/h3-4,7-8,12,19H,5-6,9-11,13H2,1-2H3. The Hall–Kier alpha value is -1.30. The maximum Gasteiger partial charge on any atom is 0.142 e. The van der Waals surface area contributed by atoms with E-state index in [1.807, 2.05) is 24.4 Å². The molecule has 0 amide bonds. The molecule has 1 aliphatic heterocycles. The highest BCUT2D eigenvalue weighted by Crippen LogP contribution is 2.21. The van der Waals surface area contributed by atoms with Crippen LogP contribution < -0.4 is 5.32 Å². The number of nitrogens with one attached hydrogen (secondary N) is 1. The van der Waals surface area contributed by atoms with E-state index in [-0.39, 0.29) is 5.54 Å². The van der Waals surface area contributed by atoms with E-state index >= 15 is 0 Å². The van der Waals surface area contributed by atoms with Crippen molar-refractivity contribution in [1.29, 1.82) is 0 Å². The third kappa shape index (κ3) is 4.12. The molecule has 1 aliphatic rings. The second-order valence-electron chi connectivity index (χ2n) is 6.58. The summed E-state index contributed by atoms with van der Waals surface area (Å²) in [5.41, 5.74) is 2.16. The summed E-state index contributed by atoms with van der Waals surface area (Å²) in [5.74, 6) is 0. The Balaban J connectivity index is 1.56. The summed E-state index contributed by atoms with van der Waals surface area (Å²) in [6, 6.07) is 5.94. The lowest BCUT2D eigenvalue weighted by molar-refractivity contribution is 0.233. The molecular formula is C17H24N4S. The predicted octanol–water partition coefficient (Wildman–Crippen LogP) is 3.17. The van der Waals surface area contributed by atoms with Gasteiger partial charge in [0, 0.05) is 30.2 Å². The monoisotopic (exact) mass is 316 g/mol. The number of thiazole rings is 1. The Morgan fingerprint density at radius 1 is 1.27 bits per heavy atom. The van der Waals surface area contributed by atoms with Crippen molar-refractivity contribution in [2.75, 3.05) is 19.6 Å². The first-order valence-corrected chi connectivity index (χ1v) is 8.84. The van der Waals surface area contributed by atoms with Gasteiger partial charge in [-0.2, -0.15) is 0 Å². The number of aromatic nitrogens is 2. The van der Waals surface area contributed by atoms with E-state index in [1.54, 1.807) is 11.3 Å². The van der Waals surface area contributed by atoms with Crippen LogP contribution in [0.15, 0.2) is 29.8 Å². The number of rotatable bonds is 6. The van der Waals surface area contributed by atoms with Crippen LogP contribution in [0.3, 0.4) is 0 Å². The molecule has 1 saturated heterocycles. The number of hydrogen-bond acceptors (Lipinski definition) is 5. The van der Waals surface area contributed by atoms with E-state index in [0.29, 0.717) is 0 Å². The number of hydrogen-bond donors (Lipinski definition) is 1. The molecule has 22 heavy (non-hydrogen) atoms. The average Bonchev–Trinajstić information content (AvgIpc) is 3.17. The molecule has 0 aromatic carbocycles. The fourth-order valence-electron chi connectivity index (χ4n) is 2.88. The molecule has 0 unspecified atom stereocenters. The summed E-state index contributed by atoms with van der Waals surface area (Å²) in [6.45, 7) is 8.94. The van der Waals surface area contributed by atoms with E-state index in [0.717, 1.165) is 29.5 Å². The van der Waals surface area contributed by atoms with Crippen LogP contribution in [0.5, 0.6) is 0 Å². The Labute approximate surface area is 136 Å². The highest BCUT2D eigenvalue weighted by atomic mass is 32.1. The van der Waals surface area contributed by atoms with Gasteiger partial charge in [-0.25, -0.2) is 4.98 Å². The minimum atomic E-state index is 0.110. The van der Waals surface area contributed by atoms with Gasteiger partial charge in [0.2, 0.25) is 0 Å². The molecule has 0 saturated carbocycles. The van der Waals surface area contributed by atoms with Gasteiger partial charge in [-0.3, -0.25) is 4.98 Å². The first-order valence-electron chi connectivity index (χ1n) is 7.96. The van der Waals surface area contributed by atoms with Gasteiger partial charge in [-0.05, 0) is 51.9 Å². The minimum Gasteiger partial charge on any atom is -0.305 e. The molecular weight excluding hydrogens is 292 g/mol. The van der Waals surface area contributed by atoms with Crippen molar-refractivity contribution in [1.82, 2.24) is 20.2 Å². The molecule has 0 atom stereocenters. The summed E-state index contributed by atoms with van der Waals surface area (Å²) in [7, 11) is 0. The van der Waals surface area contributed by atoms with Crippen LogP contribution in [0.25, 0.3) is 10.7 Å². The summed E-state index contributed by atoms with van der Waals surface area (Å²) in [4.78, 5) is 11.6. The normalized spacial score (nSPS) is 16.3. The molecule has 3 rings (SSSR count). The van der Waals surface area contributed by atoms with Gasteiger partial charge in [0.1, 0.15) is 5.01 Å². The zero-order valence-corrected chi connectivity index (χ0v) is 14.2. The average molecular weight is 316 g/mol. The number of likely N-dealkylation sites (tertiary alicyclic amines) is 1. The number of pyridine rings is 1. The highest BCUT2D eigenvalue weighted by molar-refractivity contribution is 7.13. The molecule has 118 valence electrons. The van der Waals surface area contributed by atoms with Gasteiger partial charge in [-0.1, -0.05) is 6.07 Å². The first kappa shape index (κ1) is 15.6. The highest BCUT2D eigenvalue weighted by Gasteiger charge is 2.23. The van der Waals surface area contributed by atoms with Gasteiger partial charge in [0.15, 0.2) is 0 Å². The lowest BCUT2D eigenvalue weighted by Crippen LogP contribution is -2.48. The SMILES string of the molecule is CC(C)(CN1CCCC1)NCc1csc(-c2ccccn2)n1. The van der Waals surface area contributed by atoms with Crippen molar-refractivity contribution in [2.45, 2.75) is 38.8 Å². The maximum absolute atomic E-state index is 4.70. The topological polar surface area (TPSA) is 41.0 Å². The van der Waals surface area contributed by atoms with E-state index in [1.165, 1.54) is 25.9 Å². The smallest absolute Gasteiger partial charge is 0.142 e. The molecule has 0 spiro atoms. The summed E-state index contributed by atoms with van der Waals surface area (Å²) in [6.07, 6.45) is 4.50. The summed E-state index contributed by atoms with van der Waals surface area (Å²) < 4.78 is 0. The van der Waals surface area contributed by atoms with E-state index in [2.05, 4.69) is 34.4 Å². The lowest BCUT2D eigenvalue weighted by Gasteiger charge is -2.31. The van der Waals surface area contributed by atoms with Crippen LogP contribution in [0.2, 0.25) is 0 Å². The molecule has 0 aliphatic carbocycles. The Kier molecular flexibility index (Phi) is 4.86. The van der Waals surface area contributed by atoms with Crippen LogP contribution in [-0.2, 0) is 6.54 Å². The van der Waals surface area contributed by atoms with Crippen LogP contribution in [-0.4, -0.2) is 40.0 Å². The first-order chi connectivity index (χ1) is 10.6. The zero-order chi connectivity index (χ0) is 15.4. The predicted molar refractivity (Wildman–Crippen MR) is 91.9 cm³/mol. The van der Waals surface area contributed by atoms with Crippen molar-refractivity contribution in [2.24, 2.45) is 0 Å². The molecule has 2 aromatic heterocycles. The van der Waals surface area contributed by atoms with Crippen LogP contribution in [0.1, 0.15) is 32.4 Å². The maximum atomic E-state index is 4.70. The largest absolute Gasteiger partial charge is 0.305 e. The Bertz CT molecular complexity index is 588. The molecule has 0 bridgehead atoms. The van der Waals surface area contributed by atoms with Crippen LogP contribution >= 0.6 is 11.3 Å². The molecule has 0 radical (unpaired) electrons. The van der Waals surface area contributed by atoms with Crippen LogP contribution in [0, 0.1) is 0 Å². The fraction of sp³-hybridized carbons (Fsp3) is 0.529. The molecule has 5 heteroatoms. The quantitative estimate of drug-likeness (QED) is 0.889. The van der Waals surface area contributed by atoms with Gasteiger partial charge >= 0.3 is 0 Å². The molecule has 2 aromatic rings. The van der Waals surface area contributed by atoms with E-state index in [9.17, 15) is 0 Å². The summed E-state index contributed by atoms with van der Waals surface area (Å²) >= 11 is 1.66. The molecule has 1 N–H and O–H groups in total. The summed E-state index contributed by atoms with van der Waals surface area (Å²) in [5, 5.41) is 6.77. The second-order valence-corrected chi connectivity index (χ2v) is 7.44. The van der Waals surface area contributed by atoms with Crippen LogP contribution in [0.4, 0.5) is 0 Å². The van der Waals surface area contributed by atoms with E-state index in [4.69, 9.17) is 4.98 Å². The van der Waals surface area contributed by atoms with Crippen molar-refractivity contribution in [3.8, 4) is 10.7 Å². The van der Waals surface area contributed by atoms with Gasteiger partial charge in [0.05, 0.1) is 11.4 Å². The number of nitrogens with zero attached hydrogens (tertiary/aromatic N) is 3. The second kappa shape index (κ2) is 6.86. The van der Waals surface area contributed by atoms with Gasteiger partial charge in [0.25, 0.3) is 0 Å². The third-order valence-corrected chi connectivity index (χ3v) is 4.92.